The van der Waals surface area contributed by atoms with Crippen molar-refractivity contribution in [3.8, 4) is 0 Å². The molecule has 312 valence electrons. The van der Waals surface area contributed by atoms with Gasteiger partial charge in [-0.1, -0.05) is 175 Å². The van der Waals surface area contributed by atoms with Crippen LogP contribution in [0.3, 0.4) is 0 Å². The molecule has 10 heteroatoms. The van der Waals surface area contributed by atoms with Crippen molar-refractivity contribution in [2.24, 2.45) is 0 Å². The van der Waals surface area contributed by atoms with Gasteiger partial charge in [0.1, 0.15) is 6.61 Å². The Hall–Kier alpha value is -0.990. The Kier molecular flexibility index (Phi) is 43.7. The van der Waals surface area contributed by atoms with Crippen LogP contribution in [-0.2, 0) is 37.2 Å². The first-order valence-corrected chi connectivity index (χ1v) is 23.4. The number of hydrogen-bond donors (Lipinski definition) is 1. The zero-order valence-electron chi connectivity index (χ0n) is 35.2. The molecule has 0 radical (unpaired) electrons. The Morgan fingerprint density at radius 3 is 1.21 bits per heavy atom. The Labute approximate surface area is 322 Å². The molecular formula is C42H87NO8P+. The highest BCUT2D eigenvalue weighted by Crippen LogP contribution is 2.49. The maximum Gasteiger partial charge on any atom is 0.474 e. The van der Waals surface area contributed by atoms with E-state index in [2.05, 4.69) is 13.8 Å². The molecule has 0 heterocycles. The summed E-state index contributed by atoms with van der Waals surface area (Å²) in [5.41, 5.74) is 0. The highest BCUT2D eigenvalue weighted by Gasteiger charge is 2.29. The third kappa shape index (κ3) is 40.2. The molecular weight excluding hydrogens is 677 g/mol. The van der Waals surface area contributed by atoms with Crippen molar-refractivity contribution in [2.75, 3.05) is 40.5 Å². The van der Waals surface area contributed by atoms with Crippen LogP contribution in [-0.4, -0.2) is 58.6 Å². The lowest BCUT2D eigenvalue weighted by molar-refractivity contribution is -0.597. The molecule has 0 aliphatic carbocycles. The molecule has 0 aliphatic heterocycles. The van der Waals surface area contributed by atoms with Gasteiger partial charge in [0.05, 0.1) is 33.9 Å². The smallest absolute Gasteiger partial charge is 0.462 e. The maximum absolute atomic E-state index is 12.9. The van der Waals surface area contributed by atoms with Crippen molar-refractivity contribution in [3.05, 3.63) is 0 Å². The zero-order valence-corrected chi connectivity index (χ0v) is 36.1. The standard InChI is InChI=1S/C40H79O8P.C2H7N/c1-5-9-11-13-15-17-19-21-23-25-27-29-31-33-39(41)44-36-38(37-47-49(43,45-8-4)46-35-7-3)48-40(42)34-32-30-28-26-24-22-20-18-16-14-12-10-6-2;1-3-2/h38H,5-37H2,1-4H3;3H,1-2H3/p+1. The normalized spacial score (nSPS) is 12.9. The van der Waals surface area contributed by atoms with E-state index in [-0.39, 0.29) is 44.8 Å². The van der Waals surface area contributed by atoms with Crippen LogP contribution in [0.4, 0.5) is 0 Å². The fourth-order valence-electron chi connectivity index (χ4n) is 5.84. The Morgan fingerprint density at radius 2 is 0.846 bits per heavy atom. The number of quaternary nitrogens is 1. The molecule has 0 aromatic heterocycles. The fraction of sp³-hybridized carbons (Fsp3) is 0.952. The van der Waals surface area contributed by atoms with Crippen molar-refractivity contribution in [1.29, 1.82) is 0 Å². The minimum atomic E-state index is -3.81. The van der Waals surface area contributed by atoms with E-state index in [9.17, 15) is 14.2 Å². The Balaban J connectivity index is 0. The molecule has 52 heavy (non-hydrogen) atoms. The summed E-state index contributed by atoms with van der Waals surface area (Å²) in [5, 5.41) is 2.00. The summed E-state index contributed by atoms with van der Waals surface area (Å²) < 4.78 is 40.2. The van der Waals surface area contributed by atoms with Crippen LogP contribution in [0.1, 0.15) is 214 Å². The first-order chi connectivity index (χ1) is 25.3. The zero-order chi connectivity index (χ0) is 38.8. The van der Waals surface area contributed by atoms with Crippen LogP contribution >= 0.6 is 7.82 Å². The second kappa shape index (κ2) is 42.7. The molecule has 0 spiro atoms. The van der Waals surface area contributed by atoms with Crippen molar-refractivity contribution < 1.29 is 42.5 Å². The van der Waals surface area contributed by atoms with Gasteiger partial charge in [-0.2, -0.15) is 0 Å². The lowest BCUT2D eigenvalue weighted by Gasteiger charge is -2.22. The van der Waals surface area contributed by atoms with Crippen LogP contribution in [0.5, 0.6) is 0 Å². The molecule has 9 nitrogen and oxygen atoms in total. The number of phosphoric acid groups is 1. The number of carbonyl (C=O) groups excluding carboxylic acids is 2. The van der Waals surface area contributed by atoms with E-state index in [0.29, 0.717) is 12.8 Å². The number of rotatable bonds is 39. The van der Waals surface area contributed by atoms with E-state index in [4.69, 9.17) is 23.0 Å². The van der Waals surface area contributed by atoms with Gasteiger partial charge in [0.25, 0.3) is 0 Å². The number of esters is 2. The van der Waals surface area contributed by atoms with Gasteiger partial charge in [-0.3, -0.25) is 23.2 Å². The molecule has 0 saturated carbocycles. The van der Waals surface area contributed by atoms with Gasteiger partial charge in [0.15, 0.2) is 6.10 Å². The van der Waals surface area contributed by atoms with Crippen LogP contribution in [0.2, 0.25) is 0 Å². The molecule has 0 aromatic carbocycles. The van der Waals surface area contributed by atoms with Crippen molar-refractivity contribution in [2.45, 2.75) is 220 Å². The van der Waals surface area contributed by atoms with Crippen LogP contribution in [0.15, 0.2) is 0 Å². The van der Waals surface area contributed by atoms with Gasteiger partial charge in [0.2, 0.25) is 0 Å². The number of unbranched alkanes of at least 4 members (excludes halogenated alkanes) is 24. The number of phosphoric ester groups is 1. The summed E-state index contributed by atoms with van der Waals surface area (Å²) in [5.74, 6) is -0.694. The summed E-state index contributed by atoms with van der Waals surface area (Å²) in [7, 11) is 0.193. The van der Waals surface area contributed by atoms with E-state index in [0.717, 1.165) is 38.5 Å². The predicted octanol–water partition coefficient (Wildman–Crippen LogP) is 11.8. The van der Waals surface area contributed by atoms with Crippen molar-refractivity contribution in [3.63, 3.8) is 0 Å². The molecule has 2 unspecified atom stereocenters. The van der Waals surface area contributed by atoms with E-state index in [1.165, 1.54) is 128 Å². The van der Waals surface area contributed by atoms with Crippen LogP contribution in [0, 0.1) is 0 Å². The summed E-state index contributed by atoms with van der Waals surface area (Å²) in [4.78, 5) is 25.2. The maximum atomic E-state index is 12.9. The average molecular weight is 765 g/mol. The Morgan fingerprint density at radius 1 is 0.481 bits per heavy atom. The van der Waals surface area contributed by atoms with E-state index in [1.807, 2.05) is 26.3 Å². The monoisotopic (exact) mass is 765 g/mol. The molecule has 2 atom stereocenters. The minimum Gasteiger partial charge on any atom is -0.462 e. The van der Waals surface area contributed by atoms with Crippen LogP contribution < -0.4 is 5.32 Å². The van der Waals surface area contributed by atoms with E-state index >= 15 is 0 Å². The van der Waals surface area contributed by atoms with Gasteiger partial charge in [-0.15, -0.1) is 0 Å². The number of carbonyl (C=O) groups is 2. The summed E-state index contributed by atoms with van der Waals surface area (Å²) >= 11 is 0. The van der Waals surface area contributed by atoms with E-state index in [1.54, 1.807) is 6.92 Å². The molecule has 2 N–H and O–H groups in total. The summed E-state index contributed by atoms with van der Waals surface area (Å²) in [6.07, 6.45) is 32.5. The molecule has 0 rings (SSSR count). The second-order valence-corrected chi connectivity index (χ2v) is 16.0. The lowest BCUT2D eigenvalue weighted by Crippen LogP contribution is -2.74. The number of hydrogen-bond acceptors (Lipinski definition) is 8. The molecule has 0 aliphatic rings. The molecule has 0 fully saturated rings. The Bertz CT molecular complexity index is 800. The second-order valence-electron chi connectivity index (χ2n) is 14.4. The fourth-order valence-corrected chi connectivity index (χ4v) is 7.14. The summed E-state index contributed by atoms with van der Waals surface area (Å²) in [6.45, 7) is 8.09. The first kappa shape index (κ1) is 53.1. The van der Waals surface area contributed by atoms with Crippen molar-refractivity contribution >= 4 is 19.8 Å². The van der Waals surface area contributed by atoms with Gasteiger partial charge in [-0.25, -0.2) is 4.57 Å². The molecule has 0 saturated heterocycles. The summed E-state index contributed by atoms with van der Waals surface area (Å²) in [6, 6.07) is 0. The third-order valence-corrected chi connectivity index (χ3v) is 10.4. The first-order valence-electron chi connectivity index (χ1n) is 21.9. The average Bonchev–Trinajstić information content (AvgIpc) is 3.13. The quantitative estimate of drug-likeness (QED) is 0.0374. The lowest BCUT2D eigenvalue weighted by atomic mass is 10.0. The molecule has 0 amide bonds. The third-order valence-electron chi connectivity index (χ3n) is 8.86. The largest absolute Gasteiger partial charge is 0.474 e. The van der Waals surface area contributed by atoms with Gasteiger partial charge < -0.3 is 14.8 Å². The molecule has 0 bridgehead atoms. The van der Waals surface area contributed by atoms with Crippen LogP contribution in [0.25, 0.3) is 0 Å². The van der Waals surface area contributed by atoms with E-state index < -0.39 is 13.9 Å². The van der Waals surface area contributed by atoms with Gasteiger partial charge >= 0.3 is 19.8 Å². The number of ether oxygens (including phenoxy) is 2. The number of nitrogens with two attached hydrogens (primary N) is 1. The topological polar surface area (TPSA) is 114 Å². The highest BCUT2D eigenvalue weighted by molar-refractivity contribution is 7.48. The predicted molar refractivity (Wildman–Crippen MR) is 217 cm³/mol. The van der Waals surface area contributed by atoms with Gasteiger partial charge in [-0.05, 0) is 26.2 Å². The molecule has 0 aromatic rings. The SMILES string of the molecule is CCCCCCCCCCCCCCCC(=O)OCC(COP(=O)(OCC)OCCC)OC(=O)CCCCCCCCCCCCCCC.C[NH2+]C. The minimum absolute atomic E-state index is 0.151. The van der Waals surface area contributed by atoms with Crippen molar-refractivity contribution in [1.82, 2.24) is 0 Å². The van der Waals surface area contributed by atoms with Gasteiger partial charge in [0, 0.05) is 12.8 Å². The highest BCUT2D eigenvalue weighted by atomic mass is 31.2.